The van der Waals surface area contributed by atoms with Gasteiger partial charge in [-0.2, -0.15) is 0 Å². The minimum atomic E-state index is -0.136. The smallest absolute Gasteiger partial charge is 0.255 e. The minimum Gasteiger partial charge on any atom is -0.368 e. The van der Waals surface area contributed by atoms with Crippen LogP contribution < -0.4 is 10.2 Å². The predicted molar refractivity (Wildman–Crippen MR) is 113 cm³/mol. The summed E-state index contributed by atoms with van der Waals surface area (Å²) in [5.41, 5.74) is 2.61. The molecule has 0 aliphatic carbocycles. The van der Waals surface area contributed by atoms with Gasteiger partial charge in [-0.3, -0.25) is 4.79 Å². The lowest BCUT2D eigenvalue weighted by Gasteiger charge is -2.34. The highest BCUT2D eigenvalue weighted by Crippen LogP contribution is 2.30. The van der Waals surface area contributed by atoms with Crippen LogP contribution in [0.2, 0.25) is 5.02 Å². The molecule has 0 atom stereocenters. The largest absolute Gasteiger partial charge is 0.368 e. The molecule has 4 rings (SSSR count). The number of likely N-dealkylation sites (N-methyl/N-ethyl adjacent to an activating group) is 1. The summed E-state index contributed by atoms with van der Waals surface area (Å²) in [6, 6.07) is 19.4. The van der Waals surface area contributed by atoms with Crippen LogP contribution in [0.1, 0.15) is 10.4 Å². The molecule has 1 amide bonds. The zero-order chi connectivity index (χ0) is 18.8. The van der Waals surface area contributed by atoms with Gasteiger partial charge in [-0.05, 0) is 54.9 Å². The van der Waals surface area contributed by atoms with Gasteiger partial charge in [-0.25, -0.2) is 0 Å². The monoisotopic (exact) mass is 379 g/mol. The zero-order valence-electron chi connectivity index (χ0n) is 15.3. The second-order valence-electron chi connectivity index (χ2n) is 6.96. The second kappa shape index (κ2) is 7.59. The van der Waals surface area contributed by atoms with Gasteiger partial charge < -0.3 is 15.1 Å². The molecule has 1 N–H and O–H groups in total. The Morgan fingerprint density at radius 3 is 2.44 bits per heavy atom. The Hall–Kier alpha value is -2.56. The van der Waals surface area contributed by atoms with Gasteiger partial charge >= 0.3 is 0 Å². The van der Waals surface area contributed by atoms with Crippen molar-refractivity contribution < 1.29 is 4.79 Å². The molecule has 0 spiro atoms. The van der Waals surface area contributed by atoms with E-state index in [4.69, 9.17) is 11.6 Å². The fourth-order valence-electron chi connectivity index (χ4n) is 3.46. The van der Waals surface area contributed by atoms with Crippen LogP contribution in [0.3, 0.4) is 0 Å². The summed E-state index contributed by atoms with van der Waals surface area (Å²) in [6.07, 6.45) is 0. The molecule has 27 heavy (non-hydrogen) atoms. The van der Waals surface area contributed by atoms with Crippen molar-refractivity contribution in [1.29, 1.82) is 0 Å². The molecule has 1 aliphatic heterocycles. The molecule has 3 aromatic rings. The first-order chi connectivity index (χ1) is 13.1. The van der Waals surface area contributed by atoms with Gasteiger partial charge in [-0.1, -0.05) is 29.8 Å². The van der Waals surface area contributed by atoms with Gasteiger partial charge in [0.2, 0.25) is 0 Å². The fourth-order valence-corrected chi connectivity index (χ4v) is 3.59. The number of hydrogen-bond donors (Lipinski definition) is 1. The van der Waals surface area contributed by atoms with Gasteiger partial charge in [0.1, 0.15) is 0 Å². The van der Waals surface area contributed by atoms with E-state index in [1.54, 1.807) is 24.3 Å². The number of amides is 1. The first-order valence-corrected chi connectivity index (χ1v) is 9.51. The number of fused-ring (bicyclic) bond motifs is 1. The van der Waals surface area contributed by atoms with E-state index in [2.05, 4.69) is 52.5 Å². The number of halogens is 1. The van der Waals surface area contributed by atoms with Crippen LogP contribution >= 0.6 is 11.6 Å². The normalized spacial score (nSPS) is 15.1. The molecule has 0 saturated carbocycles. The van der Waals surface area contributed by atoms with E-state index in [0.717, 1.165) is 37.3 Å². The molecule has 1 fully saturated rings. The Balaban J connectivity index is 1.62. The van der Waals surface area contributed by atoms with E-state index < -0.39 is 0 Å². The summed E-state index contributed by atoms with van der Waals surface area (Å²) in [5, 5.41) is 5.96. The van der Waals surface area contributed by atoms with Crippen molar-refractivity contribution in [2.24, 2.45) is 0 Å². The number of benzene rings is 3. The minimum absolute atomic E-state index is 0.136. The van der Waals surface area contributed by atoms with Gasteiger partial charge in [0, 0.05) is 53.5 Å². The third-order valence-corrected chi connectivity index (χ3v) is 5.32. The molecule has 1 heterocycles. The summed E-state index contributed by atoms with van der Waals surface area (Å²) < 4.78 is 0. The molecule has 138 valence electrons. The number of rotatable bonds is 3. The number of nitrogens with one attached hydrogen (secondary N) is 1. The molecule has 1 aliphatic rings. The number of carbonyl (C=O) groups is 1. The van der Waals surface area contributed by atoms with Crippen molar-refractivity contribution in [2.45, 2.75) is 0 Å². The van der Waals surface area contributed by atoms with Crippen LogP contribution in [0.15, 0.2) is 60.7 Å². The number of nitrogens with zero attached hydrogens (tertiary/aromatic N) is 2. The van der Waals surface area contributed by atoms with Crippen molar-refractivity contribution in [1.82, 2.24) is 4.90 Å². The quantitative estimate of drug-likeness (QED) is 0.727. The van der Waals surface area contributed by atoms with Crippen LogP contribution in [0.25, 0.3) is 10.8 Å². The lowest BCUT2D eigenvalue weighted by Crippen LogP contribution is -2.44. The maximum absolute atomic E-state index is 12.5. The number of piperazine rings is 1. The Morgan fingerprint density at radius 2 is 1.70 bits per heavy atom. The maximum Gasteiger partial charge on any atom is 0.255 e. The van der Waals surface area contributed by atoms with Crippen molar-refractivity contribution in [3.05, 3.63) is 71.2 Å². The van der Waals surface area contributed by atoms with Crippen LogP contribution in [0.5, 0.6) is 0 Å². The Labute approximate surface area is 164 Å². The van der Waals surface area contributed by atoms with E-state index >= 15 is 0 Å². The van der Waals surface area contributed by atoms with Crippen LogP contribution in [-0.2, 0) is 0 Å². The van der Waals surface area contributed by atoms with Crippen LogP contribution in [-0.4, -0.2) is 44.0 Å². The molecule has 0 aromatic heterocycles. The first-order valence-electron chi connectivity index (χ1n) is 9.13. The van der Waals surface area contributed by atoms with Gasteiger partial charge in [0.05, 0.1) is 0 Å². The lowest BCUT2D eigenvalue weighted by molar-refractivity contribution is 0.102. The van der Waals surface area contributed by atoms with Gasteiger partial charge in [0.25, 0.3) is 5.91 Å². The van der Waals surface area contributed by atoms with Crippen LogP contribution in [0.4, 0.5) is 11.4 Å². The molecule has 0 radical (unpaired) electrons. The summed E-state index contributed by atoms with van der Waals surface area (Å²) in [5.74, 6) is -0.136. The van der Waals surface area contributed by atoms with Crippen molar-refractivity contribution >= 4 is 39.7 Å². The SMILES string of the molecule is CN1CCN(c2cccc3ccc(NC(=O)c4ccc(Cl)cc4)cc23)CC1. The second-order valence-corrected chi connectivity index (χ2v) is 7.40. The van der Waals surface area contributed by atoms with Gasteiger partial charge in [0.15, 0.2) is 0 Å². The number of anilines is 2. The first kappa shape index (κ1) is 17.8. The highest BCUT2D eigenvalue weighted by molar-refractivity contribution is 6.30. The summed E-state index contributed by atoms with van der Waals surface area (Å²) in [4.78, 5) is 17.3. The molecule has 1 saturated heterocycles. The summed E-state index contributed by atoms with van der Waals surface area (Å²) >= 11 is 5.90. The van der Waals surface area contributed by atoms with E-state index in [1.807, 2.05) is 6.07 Å². The molecule has 4 nitrogen and oxygen atoms in total. The Bertz CT molecular complexity index is 963. The molecular weight excluding hydrogens is 358 g/mol. The van der Waals surface area contributed by atoms with Crippen molar-refractivity contribution in [3.8, 4) is 0 Å². The predicted octanol–water partition coefficient (Wildman–Crippen LogP) is 4.50. The van der Waals surface area contributed by atoms with Crippen LogP contribution in [0, 0.1) is 0 Å². The topological polar surface area (TPSA) is 35.6 Å². The summed E-state index contributed by atoms with van der Waals surface area (Å²) in [7, 11) is 2.16. The third-order valence-electron chi connectivity index (χ3n) is 5.07. The Kier molecular flexibility index (Phi) is 5.01. The highest BCUT2D eigenvalue weighted by Gasteiger charge is 2.16. The maximum atomic E-state index is 12.5. The molecule has 0 unspecified atom stereocenters. The molecule has 0 bridgehead atoms. The van der Waals surface area contributed by atoms with E-state index in [0.29, 0.717) is 10.6 Å². The fraction of sp³-hybridized carbons (Fsp3) is 0.227. The number of hydrogen-bond acceptors (Lipinski definition) is 3. The Morgan fingerprint density at radius 1 is 0.963 bits per heavy atom. The van der Waals surface area contributed by atoms with Crippen molar-refractivity contribution in [2.75, 3.05) is 43.4 Å². The van der Waals surface area contributed by atoms with E-state index in [9.17, 15) is 4.79 Å². The zero-order valence-corrected chi connectivity index (χ0v) is 16.0. The molecular formula is C22H22ClN3O. The van der Waals surface area contributed by atoms with Crippen molar-refractivity contribution in [3.63, 3.8) is 0 Å². The molecule has 5 heteroatoms. The van der Waals surface area contributed by atoms with E-state index in [-0.39, 0.29) is 5.91 Å². The number of carbonyl (C=O) groups excluding carboxylic acids is 1. The molecule has 3 aromatic carbocycles. The summed E-state index contributed by atoms with van der Waals surface area (Å²) in [6.45, 7) is 4.14. The van der Waals surface area contributed by atoms with Gasteiger partial charge in [-0.15, -0.1) is 0 Å². The third kappa shape index (κ3) is 3.92. The highest BCUT2D eigenvalue weighted by atomic mass is 35.5. The average molecular weight is 380 g/mol. The average Bonchev–Trinajstić information content (AvgIpc) is 2.69. The van der Waals surface area contributed by atoms with E-state index in [1.165, 1.54) is 11.1 Å². The standard InChI is InChI=1S/C22H22ClN3O/c1-25-11-13-26(14-12-25)21-4-2-3-16-7-10-19(15-20(16)21)24-22(27)17-5-8-18(23)9-6-17/h2-10,15H,11-14H2,1H3,(H,24,27). The lowest BCUT2D eigenvalue weighted by atomic mass is 10.1.